The van der Waals surface area contributed by atoms with E-state index in [1.807, 2.05) is 0 Å². The summed E-state index contributed by atoms with van der Waals surface area (Å²) < 4.78 is 38.7. The number of anilines is 1. The Balaban J connectivity index is 1.99. The summed E-state index contributed by atoms with van der Waals surface area (Å²) in [6.07, 6.45) is -3.09. The molecule has 19 heavy (non-hydrogen) atoms. The Morgan fingerprint density at radius 3 is 2.63 bits per heavy atom. The normalized spacial score (nSPS) is 17.7. The van der Waals surface area contributed by atoms with Gasteiger partial charge in [-0.2, -0.15) is 17.7 Å². The zero-order chi connectivity index (χ0) is 13.7. The molecule has 0 unspecified atom stereocenters. The van der Waals surface area contributed by atoms with E-state index in [2.05, 4.69) is 20.6 Å². The van der Waals surface area contributed by atoms with Crippen LogP contribution in [0.3, 0.4) is 0 Å². The van der Waals surface area contributed by atoms with Gasteiger partial charge in [0, 0.05) is 0 Å². The Kier molecular flexibility index (Phi) is 2.43. The third-order valence-corrected chi connectivity index (χ3v) is 3.07. The predicted octanol–water partition coefficient (Wildman–Crippen LogP) is 1.08. The number of alkyl halides is 3. The Hall–Kier alpha value is -1.90. The molecule has 0 bridgehead atoms. The molecule has 1 fully saturated rings. The first-order valence-electron chi connectivity index (χ1n) is 5.62. The third-order valence-electron chi connectivity index (χ3n) is 3.07. The molecule has 0 spiro atoms. The van der Waals surface area contributed by atoms with Crippen LogP contribution in [0.4, 0.5) is 19.0 Å². The maximum absolute atomic E-state index is 12.7. The number of fused-ring (bicyclic) bond motifs is 1. The largest absolute Gasteiger partial charge is 0.453 e. The van der Waals surface area contributed by atoms with Crippen LogP contribution in [-0.4, -0.2) is 37.1 Å². The molecule has 2 aromatic rings. The van der Waals surface area contributed by atoms with E-state index >= 15 is 0 Å². The van der Waals surface area contributed by atoms with E-state index < -0.39 is 17.5 Å². The molecular formula is C10H10F3N5O. The van der Waals surface area contributed by atoms with Crippen molar-refractivity contribution in [3.63, 3.8) is 0 Å². The number of nitrogens with zero attached hydrogens (tertiary/aromatic N) is 4. The number of halogens is 3. The average Bonchev–Trinajstić information content (AvgIpc) is 2.98. The van der Waals surface area contributed by atoms with Crippen molar-refractivity contribution in [2.75, 3.05) is 11.9 Å². The molecule has 1 aliphatic carbocycles. The van der Waals surface area contributed by atoms with Gasteiger partial charge in [0.1, 0.15) is 5.82 Å². The summed E-state index contributed by atoms with van der Waals surface area (Å²) in [5, 5.41) is 22.4. The maximum atomic E-state index is 12.7. The van der Waals surface area contributed by atoms with Crippen LogP contribution in [0.5, 0.6) is 0 Å². The first kappa shape index (κ1) is 12.2. The Labute approximate surface area is 105 Å². The molecule has 0 saturated heterocycles. The van der Waals surface area contributed by atoms with Crippen molar-refractivity contribution in [1.29, 1.82) is 0 Å². The smallest absolute Gasteiger partial charge is 0.394 e. The highest BCUT2D eigenvalue weighted by Crippen LogP contribution is 2.38. The average molecular weight is 273 g/mol. The number of aromatic nitrogens is 4. The monoisotopic (exact) mass is 273 g/mol. The molecule has 3 rings (SSSR count). The maximum Gasteiger partial charge on any atom is 0.453 e. The van der Waals surface area contributed by atoms with E-state index in [0.717, 1.165) is 12.8 Å². The molecule has 0 aliphatic heterocycles. The van der Waals surface area contributed by atoms with Crippen molar-refractivity contribution in [3.05, 3.63) is 18.0 Å². The van der Waals surface area contributed by atoms with Gasteiger partial charge in [-0.15, -0.1) is 15.3 Å². The minimum atomic E-state index is -4.61. The number of rotatable bonds is 3. The second kappa shape index (κ2) is 3.80. The summed E-state index contributed by atoms with van der Waals surface area (Å²) >= 11 is 0. The van der Waals surface area contributed by atoms with E-state index in [9.17, 15) is 18.3 Å². The van der Waals surface area contributed by atoms with E-state index in [1.54, 1.807) is 0 Å². The second-order valence-electron chi connectivity index (χ2n) is 4.57. The van der Waals surface area contributed by atoms with Gasteiger partial charge in [0.15, 0.2) is 5.65 Å². The van der Waals surface area contributed by atoms with Crippen LogP contribution in [0.25, 0.3) is 5.65 Å². The Bertz CT molecular complexity index is 619. The van der Waals surface area contributed by atoms with Gasteiger partial charge in [0.05, 0.1) is 12.1 Å². The molecule has 0 aromatic carbocycles. The van der Waals surface area contributed by atoms with Crippen LogP contribution < -0.4 is 5.32 Å². The van der Waals surface area contributed by atoms with Crippen LogP contribution in [0.1, 0.15) is 18.7 Å². The summed E-state index contributed by atoms with van der Waals surface area (Å²) in [7, 11) is 0. The van der Waals surface area contributed by atoms with E-state index in [4.69, 9.17) is 0 Å². The van der Waals surface area contributed by atoms with Crippen LogP contribution in [0.15, 0.2) is 12.1 Å². The highest BCUT2D eigenvalue weighted by molar-refractivity contribution is 5.46. The van der Waals surface area contributed by atoms with Gasteiger partial charge in [-0.05, 0) is 25.0 Å². The first-order chi connectivity index (χ1) is 8.93. The summed E-state index contributed by atoms with van der Waals surface area (Å²) in [5.41, 5.74) is -0.431. The molecule has 0 radical (unpaired) electrons. The lowest BCUT2D eigenvalue weighted by Crippen LogP contribution is -2.26. The lowest BCUT2D eigenvalue weighted by Gasteiger charge is -2.14. The first-order valence-corrected chi connectivity index (χ1v) is 5.62. The third kappa shape index (κ3) is 2.09. The van der Waals surface area contributed by atoms with E-state index in [1.165, 1.54) is 12.1 Å². The molecule has 9 heteroatoms. The summed E-state index contributed by atoms with van der Waals surface area (Å²) in [4.78, 5) is 0. The van der Waals surface area contributed by atoms with E-state index in [-0.39, 0.29) is 18.1 Å². The fraction of sp³-hybridized carbons (Fsp3) is 0.500. The van der Waals surface area contributed by atoms with Crippen molar-refractivity contribution in [1.82, 2.24) is 19.8 Å². The van der Waals surface area contributed by atoms with Gasteiger partial charge >= 0.3 is 6.18 Å². The summed E-state index contributed by atoms with van der Waals surface area (Å²) in [6.45, 7) is -0.0823. The SMILES string of the molecule is OCC1(Nc2ccc3nnc(C(F)(F)F)n3n2)CC1. The van der Waals surface area contributed by atoms with Gasteiger partial charge in [0.2, 0.25) is 0 Å². The highest BCUT2D eigenvalue weighted by atomic mass is 19.4. The van der Waals surface area contributed by atoms with Crippen LogP contribution >= 0.6 is 0 Å². The molecule has 0 amide bonds. The highest BCUT2D eigenvalue weighted by Gasteiger charge is 2.42. The molecule has 1 saturated carbocycles. The summed E-state index contributed by atoms with van der Waals surface area (Å²) in [5.74, 6) is -0.913. The van der Waals surface area contributed by atoms with Gasteiger partial charge in [-0.25, -0.2) is 0 Å². The van der Waals surface area contributed by atoms with Crippen LogP contribution in [-0.2, 0) is 6.18 Å². The quantitative estimate of drug-likeness (QED) is 0.875. The number of hydrogen-bond acceptors (Lipinski definition) is 5. The Morgan fingerprint density at radius 1 is 1.32 bits per heavy atom. The second-order valence-corrected chi connectivity index (χ2v) is 4.57. The van der Waals surface area contributed by atoms with Gasteiger partial charge in [0.25, 0.3) is 5.82 Å². The minimum absolute atomic E-state index is 0.0201. The van der Waals surface area contributed by atoms with E-state index in [0.29, 0.717) is 4.52 Å². The molecule has 6 nitrogen and oxygen atoms in total. The zero-order valence-electron chi connectivity index (χ0n) is 9.65. The molecule has 2 N–H and O–H groups in total. The number of aliphatic hydroxyl groups excluding tert-OH is 1. The van der Waals surface area contributed by atoms with Crippen LogP contribution in [0.2, 0.25) is 0 Å². The molecule has 1 aliphatic rings. The van der Waals surface area contributed by atoms with Crippen molar-refractivity contribution in [3.8, 4) is 0 Å². The molecule has 102 valence electrons. The molecular weight excluding hydrogens is 263 g/mol. The van der Waals surface area contributed by atoms with Crippen molar-refractivity contribution in [2.24, 2.45) is 0 Å². The topological polar surface area (TPSA) is 75.3 Å². The zero-order valence-corrected chi connectivity index (χ0v) is 9.65. The number of nitrogens with one attached hydrogen (secondary N) is 1. The lowest BCUT2D eigenvalue weighted by atomic mass is 10.3. The fourth-order valence-corrected chi connectivity index (χ4v) is 1.78. The Morgan fingerprint density at radius 2 is 2.05 bits per heavy atom. The number of aliphatic hydroxyl groups is 1. The minimum Gasteiger partial charge on any atom is -0.394 e. The molecule has 0 atom stereocenters. The van der Waals surface area contributed by atoms with Crippen LogP contribution in [0, 0.1) is 0 Å². The van der Waals surface area contributed by atoms with Gasteiger partial charge in [-0.3, -0.25) is 0 Å². The number of hydrogen-bond donors (Lipinski definition) is 2. The summed E-state index contributed by atoms with van der Waals surface area (Å²) in [6, 6.07) is 2.91. The molecule has 2 aromatic heterocycles. The lowest BCUT2D eigenvalue weighted by molar-refractivity contribution is -0.146. The van der Waals surface area contributed by atoms with Gasteiger partial charge < -0.3 is 10.4 Å². The van der Waals surface area contributed by atoms with Crippen molar-refractivity contribution >= 4 is 11.5 Å². The standard InChI is InChI=1S/C10H10F3N5O/c11-10(12,13)8-16-15-7-2-1-6(17-18(7)8)14-9(5-19)3-4-9/h1-2,19H,3-5H2,(H,14,17). The van der Waals surface area contributed by atoms with Crippen molar-refractivity contribution < 1.29 is 18.3 Å². The predicted molar refractivity (Wildman–Crippen MR) is 58.5 cm³/mol. The fourth-order valence-electron chi connectivity index (χ4n) is 1.78. The molecule has 2 heterocycles. The van der Waals surface area contributed by atoms with Crippen molar-refractivity contribution in [2.45, 2.75) is 24.6 Å². The van der Waals surface area contributed by atoms with Gasteiger partial charge in [-0.1, -0.05) is 0 Å².